The normalized spacial score (nSPS) is 14.0. The van der Waals surface area contributed by atoms with Crippen LogP contribution in [0.15, 0.2) is 97.8 Å². The molecule has 1 atom stereocenters. The fourth-order valence-corrected chi connectivity index (χ4v) is 4.43. The maximum Gasteiger partial charge on any atom is 0.247 e. The number of aromatic hydroxyl groups is 1. The smallest absolute Gasteiger partial charge is 0.247 e. The lowest BCUT2D eigenvalue weighted by Gasteiger charge is -2.32. The minimum Gasteiger partial charge on any atom is -0.508 e. The number of nitrogens with one attached hydrogen (secondary N) is 1. The van der Waals surface area contributed by atoms with Crippen LogP contribution in [0.2, 0.25) is 0 Å². The number of amides is 2. The first kappa shape index (κ1) is 26.7. The molecule has 1 aliphatic carbocycles. The van der Waals surface area contributed by atoms with E-state index >= 15 is 0 Å². The molecule has 0 spiro atoms. The van der Waals surface area contributed by atoms with E-state index in [1.54, 1.807) is 39.9 Å². The van der Waals surface area contributed by atoms with Crippen LogP contribution in [0, 0.1) is 0 Å². The number of hydrogen-bond donors (Lipinski definition) is 2. The van der Waals surface area contributed by atoms with Gasteiger partial charge >= 0.3 is 0 Å². The highest BCUT2D eigenvalue weighted by Gasteiger charge is 2.41. The molecule has 38 heavy (non-hydrogen) atoms. The van der Waals surface area contributed by atoms with Crippen molar-refractivity contribution in [2.45, 2.75) is 37.8 Å². The summed E-state index contributed by atoms with van der Waals surface area (Å²) in [5, 5.41) is 17.0. The number of hydrogen-bond acceptors (Lipinski definition) is 4. The molecular weight excluding hydrogens is 476 g/mol. The van der Waals surface area contributed by atoms with E-state index in [1.165, 1.54) is 0 Å². The number of carbonyl (C=O) groups is 2. The molecule has 2 aromatic carbocycles. The summed E-state index contributed by atoms with van der Waals surface area (Å²) in [5.41, 5.74) is 4.31. The Balaban J connectivity index is 1.60. The van der Waals surface area contributed by atoms with Gasteiger partial charge in [0.25, 0.3) is 0 Å². The van der Waals surface area contributed by atoms with E-state index in [1.807, 2.05) is 55.7 Å². The number of aryl methyl sites for hydroxylation is 2. The quantitative estimate of drug-likeness (QED) is 0.340. The molecule has 196 valence electrons. The van der Waals surface area contributed by atoms with Crippen LogP contribution in [0.1, 0.15) is 36.4 Å². The van der Waals surface area contributed by atoms with Crippen molar-refractivity contribution in [1.29, 1.82) is 0 Å². The van der Waals surface area contributed by atoms with Crippen molar-refractivity contribution in [2.24, 2.45) is 7.05 Å². The lowest BCUT2D eigenvalue weighted by molar-refractivity contribution is -0.141. The highest BCUT2D eigenvalue weighted by molar-refractivity contribution is 5.89. The van der Waals surface area contributed by atoms with Gasteiger partial charge in [0.15, 0.2) is 0 Å². The number of phenolic OH excluding ortho intramolecular Hbond substituents is 1. The van der Waals surface area contributed by atoms with E-state index in [2.05, 4.69) is 23.6 Å². The van der Waals surface area contributed by atoms with Crippen LogP contribution in [0.5, 0.6) is 5.75 Å². The summed E-state index contributed by atoms with van der Waals surface area (Å²) in [6, 6.07) is 15.8. The van der Waals surface area contributed by atoms with Gasteiger partial charge in [0.1, 0.15) is 11.8 Å². The third kappa shape index (κ3) is 6.68. The van der Waals surface area contributed by atoms with Crippen LogP contribution in [0.3, 0.4) is 0 Å². The molecule has 0 aliphatic heterocycles. The zero-order chi connectivity index (χ0) is 27.1. The van der Waals surface area contributed by atoms with Crippen LogP contribution < -0.4 is 5.32 Å². The molecule has 0 saturated heterocycles. The van der Waals surface area contributed by atoms with Crippen LogP contribution in [-0.4, -0.2) is 44.2 Å². The van der Waals surface area contributed by atoms with Crippen molar-refractivity contribution in [3.63, 3.8) is 0 Å². The largest absolute Gasteiger partial charge is 0.508 e. The fourth-order valence-electron chi connectivity index (χ4n) is 4.43. The molecule has 0 bridgehead atoms. The first-order valence-corrected chi connectivity index (χ1v) is 12.8. The van der Waals surface area contributed by atoms with Crippen LogP contribution in [0.4, 0.5) is 0 Å². The van der Waals surface area contributed by atoms with E-state index in [9.17, 15) is 14.7 Å². The molecular formula is C31H34N4O3. The third-order valence-electron chi connectivity index (χ3n) is 6.62. The average Bonchev–Trinajstić information content (AvgIpc) is 3.67. The molecule has 1 saturated carbocycles. The van der Waals surface area contributed by atoms with Crippen molar-refractivity contribution in [3.05, 3.63) is 109 Å². The topological polar surface area (TPSA) is 87.5 Å². The second-order valence-electron chi connectivity index (χ2n) is 9.50. The fraction of sp³-hybridized carbons (Fsp3) is 0.258. The van der Waals surface area contributed by atoms with Gasteiger partial charge in [0.2, 0.25) is 11.8 Å². The van der Waals surface area contributed by atoms with Gasteiger partial charge in [-0.3, -0.25) is 14.3 Å². The molecule has 1 heterocycles. The first-order chi connectivity index (χ1) is 18.4. The molecule has 4 rings (SSSR count). The summed E-state index contributed by atoms with van der Waals surface area (Å²) >= 11 is 0. The Bertz CT molecular complexity index is 1320. The molecule has 2 N–H and O–H groups in total. The van der Waals surface area contributed by atoms with E-state index in [0.717, 1.165) is 40.8 Å². The minimum atomic E-state index is -0.762. The summed E-state index contributed by atoms with van der Waals surface area (Å²) in [5.74, 6) is -0.118. The zero-order valence-corrected chi connectivity index (χ0v) is 21.7. The number of rotatable bonds is 12. The maximum absolute atomic E-state index is 13.7. The molecule has 1 aliphatic rings. The van der Waals surface area contributed by atoms with Gasteiger partial charge in [-0.1, -0.05) is 67.8 Å². The van der Waals surface area contributed by atoms with Gasteiger partial charge in [-0.2, -0.15) is 5.10 Å². The van der Waals surface area contributed by atoms with E-state index in [0.29, 0.717) is 6.42 Å². The zero-order valence-electron chi connectivity index (χ0n) is 21.7. The maximum atomic E-state index is 13.7. The number of allylic oxidation sites excluding steroid dienone is 2. The summed E-state index contributed by atoms with van der Waals surface area (Å²) in [6.45, 7) is 7.81. The Morgan fingerprint density at radius 2 is 1.84 bits per heavy atom. The van der Waals surface area contributed by atoms with Crippen molar-refractivity contribution < 1.29 is 14.7 Å². The minimum absolute atomic E-state index is 0.0242. The Morgan fingerprint density at radius 1 is 1.13 bits per heavy atom. The van der Waals surface area contributed by atoms with Crippen LogP contribution >= 0.6 is 0 Å². The standard InChI is InChI=1S/C31H34N4O3/c1-4-6-22(5-2)21-32-31(38)30(25-12-10-24(11-13-25)28-19-20-34(3)33-28)35(26-14-15-26)29(37)18-9-23-7-16-27(36)17-8-23/h4-8,10-13,16-17,19-20,26,30,36H,1-2,9,14-15,18,21H2,3H3,(H,32,38)/b22-6+. The average molecular weight is 511 g/mol. The lowest BCUT2D eigenvalue weighted by atomic mass is 10.00. The van der Waals surface area contributed by atoms with Gasteiger partial charge in [-0.15, -0.1) is 0 Å². The van der Waals surface area contributed by atoms with Crippen LogP contribution in [0.25, 0.3) is 11.3 Å². The molecule has 1 unspecified atom stereocenters. The lowest BCUT2D eigenvalue weighted by Crippen LogP contribution is -2.45. The number of carbonyl (C=O) groups excluding carboxylic acids is 2. The Labute approximate surface area is 223 Å². The van der Waals surface area contributed by atoms with Gasteiger partial charge < -0.3 is 15.3 Å². The Hall–Kier alpha value is -4.39. The molecule has 1 fully saturated rings. The van der Waals surface area contributed by atoms with Crippen LogP contribution in [-0.2, 0) is 23.1 Å². The van der Waals surface area contributed by atoms with Crippen molar-refractivity contribution in [1.82, 2.24) is 20.0 Å². The second-order valence-corrected chi connectivity index (χ2v) is 9.50. The molecule has 7 nitrogen and oxygen atoms in total. The Morgan fingerprint density at radius 3 is 2.42 bits per heavy atom. The van der Waals surface area contributed by atoms with Crippen molar-refractivity contribution in [3.8, 4) is 17.0 Å². The van der Waals surface area contributed by atoms with E-state index in [-0.39, 0.29) is 36.6 Å². The third-order valence-corrected chi connectivity index (χ3v) is 6.62. The Kier molecular flexibility index (Phi) is 8.58. The second kappa shape index (κ2) is 12.2. The summed E-state index contributed by atoms with van der Waals surface area (Å²) in [7, 11) is 1.87. The van der Waals surface area contributed by atoms with Gasteiger partial charge in [-0.05, 0) is 54.2 Å². The number of benzene rings is 2. The van der Waals surface area contributed by atoms with E-state index < -0.39 is 6.04 Å². The first-order valence-electron chi connectivity index (χ1n) is 12.8. The van der Waals surface area contributed by atoms with Crippen molar-refractivity contribution in [2.75, 3.05) is 6.54 Å². The molecule has 0 radical (unpaired) electrons. The molecule has 1 aromatic heterocycles. The highest BCUT2D eigenvalue weighted by atomic mass is 16.3. The SMILES string of the molecule is C=C/C=C(\C=C)CNC(=O)C(c1ccc(-c2ccn(C)n2)cc1)N(C(=O)CCc1ccc(O)cc1)C1CC1. The van der Waals surface area contributed by atoms with E-state index in [4.69, 9.17) is 0 Å². The van der Waals surface area contributed by atoms with Gasteiger partial charge in [-0.25, -0.2) is 0 Å². The monoisotopic (exact) mass is 510 g/mol. The number of phenols is 1. The van der Waals surface area contributed by atoms with Crippen molar-refractivity contribution >= 4 is 11.8 Å². The molecule has 2 amide bonds. The van der Waals surface area contributed by atoms with Gasteiger partial charge in [0.05, 0.1) is 5.69 Å². The summed E-state index contributed by atoms with van der Waals surface area (Å²) < 4.78 is 1.75. The molecule has 7 heteroatoms. The number of aromatic nitrogens is 2. The highest BCUT2D eigenvalue weighted by Crippen LogP contribution is 2.36. The summed E-state index contributed by atoms with van der Waals surface area (Å²) in [4.78, 5) is 29.1. The molecule has 3 aromatic rings. The summed E-state index contributed by atoms with van der Waals surface area (Å²) in [6.07, 6.45) is 9.55. The predicted molar refractivity (Wildman–Crippen MR) is 149 cm³/mol. The number of nitrogens with zero attached hydrogens (tertiary/aromatic N) is 3. The van der Waals surface area contributed by atoms with Gasteiger partial charge in [0, 0.05) is 37.8 Å². The predicted octanol–water partition coefficient (Wildman–Crippen LogP) is 4.87.